The van der Waals surface area contributed by atoms with Crippen molar-refractivity contribution in [3.8, 4) is 11.8 Å². The summed E-state index contributed by atoms with van der Waals surface area (Å²) in [5.41, 5.74) is 3.38. The van der Waals surface area contributed by atoms with Crippen molar-refractivity contribution >= 4 is 80.9 Å². The number of aryl methyl sites for hydroxylation is 2. The van der Waals surface area contributed by atoms with Crippen LogP contribution in [0.4, 0.5) is 11.4 Å². The molecular weight excluding hydrogens is 715 g/mol. The third kappa shape index (κ3) is 7.87. The van der Waals surface area contributed by atoms with Crippen LogP contribution in [0.3, 0.4) is 0 Å². The summed E-state index contributed by atoms with van der Waals surface area (Å²) < 4.78 is 0.641. The number of hydrogen-bond acceptors (Lipinski definition) is 8. The molecule has 0 spiro atoms. The average Bonchev–Trinajstić information content (AvgIpc) is 3.94. The lowest BCUT2D eigenvalue weighted by atomic mass is 10.1. The van der Waals surface area contributed by atoms with Crippen LogP contribution >= 0.6 is 45.9 Å². The third-order valence-corrected chi connectivity index (χ3v) is 11.3. The molecule has 6 rings (SSSR count). The van der Waals surface area contributed by atoms with Crippen molar-refractivity contribution < 1.29 is 19.2 Å². The predicted molar refractivity (Wildman–Crippen MR) is 197 cm³/mol. The second-order valence-corrected chi connectivity index (χ2v) is 15.2. The molecule has 50 heavy (non-hydrogen) atoms. The number of nitrogens with one attached hydrogen (secondary N) is 2. The number of rotatable bonds is 8. The zero-order chi connectivity index (χ0) is 35.4. The normalized spacial score (nSPS) is 17.0. The van der Waals surface area contributed by atoms with Crippen LogP contribution < -0.4 is 10.6 Å². The number of carbonyl (C=O) groups is 4. The summed E-state index contributed by atoms with van der Waals surface area (Å²) in [7, 11) is 0. The SMILES string of the molecule is CCc1sc(Cl)nc1C(=O)N1CCC[C@@H]1C(=O)Nc1ccc(C#Cc2ccc(NC(=O)[C@@H]3CCCN3C(=O)c3nc(Cl)sc3CC)cc2)cc1. The molecule has 0 unspecified atom stereocenters. The van der Waals surface area contributed by atoms with Crippen LogP contribution in [-0.4, -0.2) is 68.6 Å². The fraction of sp³-hybridized carbons (Fsp3) is 0.333. The first-order valence-corrected chi connectivity index (χ1v) is 18.8. The Kier molecular flexibility index (Phi) is 11.2. The van der Waals surface area contributed by atoms with Crippen LogP contribution in [-0.2, 0) is 22.4 Å². The van der Waals surface area contributed by atoms with Gasteiger partial charge in [-0.1, -0.05) is 48.9 Å². The number of aromatic nitrogens is 2. The van der Waals surface area contributed by atoms with Crippen molar-refractivity contribution in [2.75, 3.05) is 23.7 Å². The molecule has 4 amide bonds. The van der Waals surface area contributed by atoms with Crippen LogP contribution in [0.5, 0.6) is 0 Å². The van der Waals surface area contributed by atoms with Crippen molar-refractivity contribution in [1.29, 1.82) is 0 Å². The minimum Gasteiger partial charge on any atom is -0.325 e. The number of amides is 4. The summed E-state index contributed by atoms with van der Waals surface area (Å²) in [6.07, 6.45) is 3.90. The number of anilines is 2. The first kappa shape index (κ1) is 35.5. The number of benzene rings is 2. The summed E-state index contributed by atoms with van der Waals surface area (Å²) in [5, 5.41) is 5.86. The van der Waals surface area contributed by atoms with Crippen LogP contribution in [0.2, 0.25) is 8.93 Å². The minimum atomic E-state index is -0.586. The molecule has 2 fully saturated rings. The van der Waals surface area contributed by atoms with Gasteiger partial charge < -0.3 is 20.4 Å². The van der Waals surface area contributed by atoms with Gasteiger partial charge in [0.25, 0.3) is 11.8 Å². The van der Waals surface area contributed by atoms with Gasteiger partial charge in [-0.25, -0.2) is 9.97 Å². The van der Waals surface area contributed by atoms with Gasteiger partial charge >= 0.3 is 0 Å². The fourth-order valence-corrected chi connectivity index (χ4v) is 8.32. The predicted octanol–water partition coefficient (Wildman–Crippen LogP) is 6.92. The Hall–Kier alpha value is -4.28. The van der Waals surface area contributed by atoms with Crippen LogP contribution in [0, 0.1) is 11.8 Å². The Balaban J connectivity index is 1.03. The molecule has 2 saturated heterocycles. The second-order valence-electron chi connectivity index (χ2n) is 11.9. The first-order chi connectivity index (χ1) is 24.1. The lowest BCUT2D eigenvalue weighted by molar-refractivity contribution is -0.120. The molecule has 2 N–H and O–H groups in total. The highest BCUT2D eigenvalue weighted by atomic mass is 35.5. The van der Waals surface area contributed by atoms with E-state index in [-0.39, 0.29) is 23.6 Å². The van der Waals surface area contributed by atoms with Gasteiger partial charge in [0.05, 0.1) is 0 Å². The molecule has 0 aliphatic carbocycles. The molecule has 2 aromatic heterocycles. The van der Waals surface area contributed by atoms with Crippen molar-refractivity contribution in [2.24, 2.45) is 0 Å². The molecule has 2 atom stereocenters. The van der Waals surface area contributed by atoms with E-state index in [9.17, 15) is 19.2 Å². The van der Waals surface area contributed by atoms with E-state index < -0.39 is 12.1 Å². The van der Waals surface area contributed by atoms with Gasteiger partial charge in [0.1, 0.15) is 23.5 Å². The van der Waals surface area contributed by atoms with E-state index in [1.54, 1.807) is 34.1 Å². The van der Waals surface area contributed by atoms with Crippen LogP contribution in [0.25, 0.3) is 0 Å². The van der Waals surface area contributed by atoms with Gasteiger partial charge in [0, 0.05) is 45.3 Å². The summed E-state index contributed by atoms with van der Waals surface area (Å²) >= 11 is 14.7. The summed E-state index contributed by atoms with van der Waals surface area (Å²) in [4.78, 5) is 66.1. The number of halogens is 2. The van der Waals surface area contributed by atoms with Gasteiger partial charge in [-0.15, -0.1) is 22.7 Å². The number of thiazole rings is 2. The molecule has 2 aliphatic rings. The van der Waals surface area contributed by atoms with E-state index in [0.29, 0.717) is 70.5 Å². The molecular formula is C36H34Cl2N6O4S2. The lowest BCUT2D eigenvalue weighted by Crippen LogP contribution is -2.43. The Morgan fingerprint density at radius 2 is 1.08 bits per heavy atom. The molecule has 10 nitrogen and oxygen atoms in total. The quantitative estimate of drug-likeness (QED) is 0.189. The van der Waals surface area contributed by atoms with Crippen LogP contribution in [0.15, 0.2) is 48.5 Å². The van der Waals surface area contributed by atoms with Gasteiger partial charge in [0.15, 0.2) is 8.93 Å². The van der Waals surface area contributed by atoms with Gasteiger partial charge in [0.2, 0.25) is 11.8 Å². The van der Waals surface area contributed by atoms with Crippen molar-refractivity contribution in [2.45, 2.75) is 64.5 Å². The van der Waals surface area contributed by atoms with Crippen LogP contribution in [0.1, 0.15) is 81.4 Å². The van der Waals surface area contributed by atoms with E-state index in [1.165, 1.54) is 22.7 Å². The van der Waals surface area contributed by atoms with Crippen molar-refractivity contribution in [1.82, 2.24) is 19.8 Å². The standard InChI is InChI=1S/C36H34Cl2N6O4S2/c1-3-27-29(41-35(37)49-27)33(47)43-19-5-7-25(43)31(45)39-23-15-11-21(12-16-23)9-10-22-13-17-24(18-14-22)40-32(46)26-8-6-20-44(26)34(48)30-28(4-2)50-36(38)42-30/h11-18,25-26H,3-8,19-20H2,1-2H3,(H,39,45)(H,40,46)/t25-,26+. The Bertz CT molecular complexity index is 1840. The zero-order valence-corrected chi connectivity index (χ0v) is 30.6. The molecule has 0 radical (unpaired) electrons. The van der Waals surface area contributed by atoms with Gasteiger partial charge in [-0.05, 0) is 87.1 Å². The molecule has 0 saturated carbocycles. The topological polar surface area (TPSA) is 125 Å². The average molecular weight is 750 g/mol. The Labute approximate surface area is 308 Å². The lowest BCUT2D eigenvalue weighted by Gasteiger charge is -2.23. The maximum atomic E-state index is 13.2. The van der Waals surface area contributed by atoms with Crippen molar-refractivity contribution in [3.63, 3.8) is 0 Å². The van der Waals surface area contributed by atoms with E-state index in [2.05, 4.69) is 32.4 Å². The summed E-state index contributed by atoms with van der Waals surface area (Å²) in [6.45, 7) is 4.87. The molecule has 14 heteroatoms. The highest BCUT2D eigenvalue weighted by Crippen LogP contribution is 2.29. The molecule has 4 aromatic rings. The maximum absolute atomic E-state index is 13.2. The maximum Gasteiger partial charge on any atom is 0.274 e. The third-order valence-electron chi connectivity index (χ3n) is 8.68. The van der Waals surface area contributed by atoms with Gasteiger partial charge in [-0.3, -0.25) is 19.2 Å². The Morgan fingerprint density at radius 1 is 0.700 bits per heavy atom. The van der Waals surface area contributed by atoms with E-state index in [4.69, 9.17) is 23.2 Å². The number of likely N-dealkylation sites (tertiary alicyclic amines) is 2. The molecule has 4 heterocycles. The largest absolute Gasteiger partial charge is 0.325 e. The molecule has 2 aromatic carbocycles. The first-order valence-electron chi connectivity index (χ1n) is 16.4. The minimum absolute atomic E-state index is 0.247. The summed E-state index contributed by atoms with van der Waals surface area (Å²) in [6, 6.07) is 13.2. The highest BCUT2D eigenvalue weighted by Gasteiger charge is 2.37. The summed E-state index contributed by atoms with van der Waals surface area (Å²) in [5.74, 6) is 5.22. The monoisotopic (exact) mass is 748 g/mol. The second kappa shape index (κ2) is 15.7. The molecule has 258 valence electrons. The number of nitrogens with zero attached hydrogens (tertiary/aromatic N) is 4. The zero-order valence-electron chi connectivity index (χ0n) is 27.4. The highest BCUT2D eigenvalue weighted by molar-refractivity contribution is 7.16. The Morgan fingerprint density at radius 3 is 1.44 bits per heavy atom. The number of carbonyl (C=O) groups excluding carboxylic acids is 4. The van der Waals surface area contributed by atoms with E-state index >= 15 is 0 Å². The fourth-order valence-electron chi connectivity index (χ4n) is 6.17. The van der Waals surface area contributed by atoms with Crippen molar-refractivity contribution in [3.05, 3.63) is 89.7 Å². The van der Waals surface area contributed by atoms with E-state index in [0.717, 1.165) is 33.7 Å². The smallest absolute Gasteiger partial charge is 0.274 e. The molecule has 2 aliphatic heterocycles. The number of hydrogen-bond donors (Lipinski definition) is 2. The molecule has 0 bridgehead atoms. The van der Waals surface area contributed by atoms with E-state index in [1.807, 2.05) is 38.1 Å². The van der Waals surface area contributed by atoms with Gasteiger partial charge in [-0.2, -0.15) is 0 Å².